The van der Waals surface area contributed by atoms with E-state index in [1.807, 2.05) is 25.1 Å². The number of anilines is 1. The molecule has 1 aliphatic rings. The molecule has 0 saturated carbocycles. The Morgan fingerprint density at radius 1 is 1.09 bits per heavy atom. The van der Waals surface area contributed by atoms with Crippen LogP contribution in [0.15, 0.2) is 60.7 Å². The number of carbonyl (C=O) groups excluding carboxylic acids is 1. The minimum Gasteiger partial charge on any atom is -0.338 e. The maximum absolute atomic E-state index is 13.3. The number of nitrogens with zero attached hydrogens (tertiary/aromatic N) is 3. The van der Waals surface area contributed by atoms with E-state index in [1.165, 1.54) is 4.31 Å². The molecular formula is C24H30ClN3O3S. The Bertz CT molecular complexity index is 1040. The molecule has 0 aromatic heterocycles. The SMILES string of the molecule is CC[C@H](C(=O)N1CCN(C/C=C/c2ccccc2)CC1)N(c1cccc(Cl)c1)S(C)(=O)=O. The molecule has 1 heterocycles. The van der Waals surface area contributed by atoms with Crippen LogP contribution in [0.25, 0.3) is 6.08 Å². The van der Waals surface area contributed by atoms with Crippen LogP contribution < -0.4 is 4.31 Å². The van der Waals surface area contributed by atoms with Crippen molar-refractivity contribution in [1.29, 1.82) is 0 Å². The van der Waals surface area contributed by atoms with Crippen LogP contribution in [-0.4, -0.2) is 69.1 Å². The highest BCUT2D eigenvalue weighted by molar-refractivity contribution is 7.92. The molecule has 32 heavy (non-hydrogen) atoms. The van der Waals surface area contributed by atoms with Gasteiger partial charge in [0, 0.05) is 37.7 Å². The van der Waals surface area contributed by atoms with E-state index in [0.717, 1.165) is 31.5 Å². The topological polar surface area (TPSA) is 60.9 Å². The van der Waals surface area contributed by atoms with E-state index in [0.29, 0.717) is 30.2 Å². The zero-order valence-corrected chi connectivity index (χ0v) is 20.1. The third kappa shape index (κ3) is 6.34. The summed E-state index contributed by atoms with van der Waals surface area (Å²) < 4.78 is 26.4. The van der Waals surface area contributed by atoms with Crippen LogP contribution in [0, 0.1) is 0 Å². The standard InChI is InChI=1S/C24H30ClN3O3S/c1-3-23(28(32(2,30)31)22-13-7-12-21(25)19-22)24(29)27-17-15-26(16-18-27)14-8-11-20-9-5-4-6-10-20/h4-13,19,23H,3,14-18H2,1-2H3/b11-8+/t23-/m1/s1. The molecular weight excluding hydrogens is 446 g/mol. The lowest BCUT2D eigenvalue weighted by Crippen LogP contribution is -2.55. The maximum atomic E-state index is 13.3. The first-order valence-corrected chi connectivity index (χ1v) is 13.0. The van der Waals surface area contributed by atoms with Crippen molar-refractivity contribution in [1.82, 2.24) is 9.80 Å². The zero-order valence-electron chi connectivity index (χ0n) is 18.5. The van der Waals surface area contributed by atoms with Gasteiger partial charge in [-0.25, -0.2) is 8.42 Å². The molecule has 6 nitrogen and oxygen atoms in total. The van der Waals surface area contributed by atoms with Crippen molar-refractivity contribution in [2.45, 2.75) is 19.4 Å². The van der Waals surface area contributed by atoms with Gasteiger partial charge in [-0.05, 0) is 30.2 Å². The maximum Gasteiger partial charge on any atom is 0.246 e. The first-order chi connectivity index (χ1) is 15.3. The normalized spacial score (nSPS) is 16.3. The number of halogens is 1. The number of sulfonamides is 1. The van der Waals surface area contributed by atoms with Gasteiger partial charge in [0.15, 0.2) is 0 Å². The van der Waals surface area contributed by atoms with E-state index in [9.17, 15) is 13.2 Å². The van der Waals surface area contributed by atoms with Crippen LogP contribution in [0.4, 0.5) is 5.69 Å². The average Bonchev–Trinajstić information content (AvgIpc) is 2.77. The van der Waals surface area contributed by atoms with Gasteiger partial charge in [0.2, 0.25) is 15.9 Å². The van der Waals surface area contributed by atoms with Crippen molar-refractivity contribution in [2.24, 2.45) is 0 Å². The number of hydrogen-bond donors (Lipinski definition) is 0. The second-order valence-electron chi connectivity index (χ2n) is 7.90. The molecule has 172 valence electrons. The Kier molecular flexibility index (Phi) is 8.34. The molecule has 0 N–H and O–H groups in total. The molecule has 1 fully saturated rings. The molecule has 0 aliphatic carbocycles. The second-order valence-corrected chi connectivity index (χ2v) is 10.2. The lowest BCUT2D eigenvalue weighted by Gasteiger charge is -2.38. The molecule has 2 aromatic carbocycles. The molecule has 1 saturated heterocycles. The fourth-order valence-corrected chi connectivity index (χ4v) is 5.30. The Labute approximate surface area is 196 Å². The Hall–Kier alpha value is -2.35. The van der Waals surface area contributed by atoms with Gasteiger partial charge in [0.05, 0.1) is 11.9 Å². The number of hydrogen-bond acceptors (Lipinski definition) is 4. The number of rotatable bonds is 8. The first kappa shape index (κ1) is 24.3. The molecule has 1 atom stereocenters. The number of carbonyl (C=O) groups is 1. The molecule has 2 aromatic rings. The Morgan fingerprint density at radius 2 is 1.78 bits per heavy atom. The Balaban J connectivity index is 1.64. The van der Waals surface area contributed by atoms with Crippen molar-refractivity contribution >= 4 is 39.3 Å². The minimum atomic E-state index is -3.67. The van der Waals surface area contributed by atoms with Crippen molar-refractivity contribution in [3.8, 4) is 0 Å². The van der Waals surface area contributed by atoms with Crippen LogP contribution in [0.1, 0.15) is 18.9 Å². The molecule has 0 bridgehead atoms. The van der Waals surface area contributed by atoms with E-state index in [-0.39, 0.29) is 5.91 Å². The van der Waals surface area contributed by atoms with Gasteiger partial charge in [-0.2, -0.15) is 0 Å². The minimum absolute atomic E-state index is 0.169. The lowest BCUT2D eigenvalue weighted by molar-refractivity contribution is -0.134. The largest absolute Gasteiger partial charge is 0.338 e. The summed E-state index contributed by atoms with van der Waals surface area (Å²) in [6, 6.07) is 16.0. The van der Waals surface area contributed by atoms with Crippen molar-refractivity contribution < 1.29 is 13.2 Å². The van der Waals surface area contributed by atoms with Crippen molar-refractivity contribution in [3.05, 3.63) is 71.3 Å². The predicted molar refractivity (Wildman–Crippen MR) is 131 cm³/mol. The predicted octanol–water partition coefficient (Wildman–Crippen LogP) is 3.74. The summed E-state index contributed by atoms with van der Waals surface area (Å²) in [7, 11) is -3.67. The van der Waals surface area contributed by atoms with Gasteiger partial charge in [-0.1, -0.05) is 67.1 Å². The van der Waals surface area contributed by atoms with Gasteiger partial charge in [0.25, 0.3) is 0 Å². The second kappa shape index (κ2) is 11.0. The van der Waals surface area contributed by atoms with Gasteiger partial charge >= 0.3 is 0 Å². The van der Waals surface area contributed by atoms with E-state index < -0.39 is 16.1 Å². The van der Waals surface area contributed by atoms with Crippen LogP contribution in [-0.2, 0) is 14.8 Å². The van der Waals surface area contributed by atoms with Crippen LogP contribution in [0.2, 0.25) is 5.02 Å². The molecule has 1 amide bonds. The average molecular weight is 476 g/mol. The molecule has 1 aliphatic heterocycles. The quantitative estimate of drug-likeness (QED) is 0.583. The molecule has 0 radical (unpaired) electrons. The molecule has 8 heteroatoms. The number of piperazine rings is 1. The number of amides is 1. The van der Waals surface area contributed by atoms with Gasteiger partial charge in [0.1, 0.15) is 6.04 Å². The summed E-state index contributed by atoms with van der Waals surface area (Å²) in [5.41, 5.74) is 1.57. The van der Waals surface area contributed by atoms with E-state index >= 15 is 0 Å². The van der Waals surface area contributed by atoms with Gasteiger partial charge in [-0.15, -0.1) is 0 Å². The molecule has 3 rings (SSSR count). The van der Waals surface area contributed by atoms with Crippen molar-refractivity contribution in [2.75, 3.05) is 43.3 Å². The summed E-state index contributed by atoms with van der Waals surface area (Å²) >= 11 is 6.08. The van der Waals surface area contributed by atoms with Gasteiger partial charge < -0.3 is 4.90 Å². The summed E-state index contributed by atoms with van der Waals surface area (Å²) in [5.74, 6) is -0.169. The first-order valence-electron chi connectivity index (χ1n) is 10.8. The van der Waals surface area contributed by atoms with Crippen molar-refractivity contribution in [3.63, 3.8) is 0 Å². The smallest absolute Gasteiger partial charge is 0.246 e. The summed E-state index contributed by atoms with van der Waals surface area (Å²) in [6.07, 6.45) is 5.73. The zero-order chi connectivity index (χ0) is 23.1. The highest BCUT2D eigenvalue weighted by atomic mass is 35.5. The highest BCUT2D eigenvalue weighted by Gasteiger charge is 2.35. The van der Waals surface area contributed by atoms with Crippen LogP contribution in [0.5, 0.6) is 0 Å². The lowest BCUT2D eigenvalue weighted by atomic mass is 10.1. The number of benzene rings is 2. The summed E-state index contributed by atoms with van der Waals surface area (Å²) in [5, 5.41) is 0.427. The van der Waals surface area contributed by atoms with Crippen LogP contribution in [0.3, 0.4) is 0 Å². The third-order valence-corrected chi connectivity index (χ3v) is 6.95. The molecule has 0 spiro atoms. The highest BCUT2D eigenvalue weighted by Crippen LogP contribution is 2.26. The van der Waals surface area contributed by atoms with Gasteiger partial charge in [-0.3, -0.25) is 14.0 Å². The summed E-state index contributed by atoms with van der Waals surface area (Å²) in [6.45, 7) is 5.28. The third-order valence-electron chi connectivity index (χ3n) is 5.53. The summed E-state index contributed by atoms with van der Waals surface area (Å²) in [4.78, 5) is 17.4. The van der Waals surface area contributed by atoms with Crippen LogP contribution >= 0.6 is 11.6 Å². The van der Waals surface area contributed by atoms with E-state index in [1.54, 1.807) is 29.2 Å². The molecule has 0 unspecified atom stereocenters. The van der Waals surface area contributed by atoms with E-state index in [4.69, 9.17) is 11.6 Å². The fourth-order valence-electron chi connectivity index (χ4n) is 3.92. The van der Waals surface area contributed by atoms with E-state index in [2.05, 4.69) is 29.2 Å². The Morgan fingerprint density at radius 3 is 2.38 bits per heavy atom. The monoisotopic (exact) mass is 475 g/mol. The fraction of sp³-hybridized carbons (Fsp3) is 0.375.